The van der Waals surface area contributed by atoms with Gasteiger partial charge < -0.3 is 11.1 Å². The van der Waals surface area contributed by atoms with Crippen LogP contribution in [0.15, 0.2) is 6.20 Å². The smallest absolute Gasteiger partial charge is 0.277 e. The van der Waals surface area contributed by atoms with Gasteiger partial charge in [0.2, 0.25) is 0 Å². The van der Waals surface area contributed by atoms with Gasteiger partial charge in [0.1, 0.15) is 0 Å². The molecule has 4 nitrogen and oxygen atoms in total. The summed E-state index contributed by atoms with van der Waals surface area (Å²) in [5.41, 5.74) is 5.09. The van der Waals surface area contributed by atoms with E-state index in [1.807, 2.05) is 0 Å². The number of hydrogen-bond acceptors (Lipinski definition) is 4. The summed E-state index contributed by atoms with van der Waals surface area (Å²) in [5.74, 6) is 0.170. The highest BCUT2D eigenvalue weighted by molar-refractivity contribution is 7.13. The summed E-state index contributed by atoms with van der Waals surface area (Å²) >= 11 is 1.34. The Kier molecular flexibility index (Phi) is 4.03. The highest BCUT2D eigenvalue weighted by Gasteiger charge is 2.06. The minimum absolute atomic E-state index is 0.381. The average molecular weight is 213 g/mol. The Hall–Kier alpha value is -0.940. The summed E-state index contributed by atoms with van der Waals surface area (Å²) in [5, 5.41) is 3.65. The van der Waals surface area contributed by atoms with Crippen LogP contribution < -0.4 is 11.1 Å². The third-order valence-corrected chi connectivity index (χ3v) is 2.63. The van der Waals surface area contributed by atoms with Crippen LogP contribution >= 0.6 is 11.3 Å². The number of nitrogens with two attached hydrogens (primary N) is 1. The lowest BCUT2D eigenvalue weighted by atomic mass is 10.2. The number of carbonyl (C=O) groups is 1. The molecule has 1 aromatic heterocycles. The Morgan fingerprint density at radius 3 is 2.93 bits per heavy atom. The topological polar surface area (TPSA) is 68.0 Å². The Labute approximate surface area is 87.5 Å². The molecule has 0 aromatic carbocycles. The van der Waals surface area contributed by atoms with Gasteiger partial charge in [-0.2, -0.15) is 0 Å². The zero-order valence-electron chi connectivity index (χ0n) is 8.41. The van der Waals surface area contributed by atoms with Crippen LogP contribution in [0.25, 0.3) is 0 Å². The van der Waals surface area contributed by atoms with Crippen molar-refractivity contribution in [3.05, 3.63) is 16.1 Å². The zero-order valence-corrected chi connectivity index (χ0v) is 9.23. The third kappa shape index (κ3) is 3.43. The van der Waals surface area contributed by atoms with Crippen molar-refractivity contribution in [3.63, 3.8) is 0 Å². The molecule has 0 saturated heterocycles. The van der Waals surface area contributed by atoms with Crippen molar-refractivity contribution in [2.75, 3.05) is 6.54 Å². The maximum atomic E-state index is 10.7. The number of thiazole rings is 1. The highest BCUT2D eigenvalue weighted by Crippen LogP contribution is 2.11. The van der Waals surface area contributed by atoms with Gasteiger partial charge in [0.05, 0.1) is 0 Å². The van der Waals surface area contributed by atoms with E-state index in [0.717, 1.165) is 18.0 Å². The van der Waals surface area contributed by atoms with Crippen molar-refractivity contribution < 1.29 is 4.79 Å². The zero-order chi connectivity index (χ0) is 10.6. The molecule has 1 aromatic rings. The van der Waals surface area contributed by atoms with Crippen LogP contribution in [-0.4, -0.2) is 17.4 Å². The monoisotopic (exact) mass is 213 g/mol. The Bertz CT molecular complexity index is 309. The van der Waals surface area contributed by atoms with Gasteiger partial charge in [-0.15, -0.1) is 11.3 Å². The van der Waals surface area contributed by atoms with Crippen LogP contribution in [0.4, 0.5) is 0 Å². The number of carbonyl (C=O) groups excluding carboxylic acids is 1. The van der Waals surface area contributed by atoms with Crippen LogP contribution in [0, 0.1) is 5.92 Å². The summed E-state index contributed by atoms with van der Waals surface area (Å²) in [6.07, 6.45) is 1.69. The molecule has 0 saturated carbocycles. The fourth-order valence-corrected chi connectivity index (χ4v) is 1.72. The van der Waals surface area contributed by atoms with Gasteiger partial charge in [0.15, 0.2) is 5.01 Å². The normalized spacial score (nSPS) is 10.8. The van der Waals surface area contributed by atoms with Gasteiger partial charge in [-0.3, -0.25) is 4.79 Å². The van der Waals surface area contributed by atoms with Crippen molar-refractivity contribution >= 4 is 17.2 Å². The number of primary amides is 1. The fraction of sp³-hybridized carbons (Fsp3) is 0.556. The van der Waals surface area contributed by atoms with E-state index in [4.69, 9.17) is 5.73 Å². The largest absolute Gasteiger partial charge is 0.364 e. The van der Waals surface area contributed by atoms with Gasteiger partial charge in [-0.25, -0.2) is 4.98 Å². The number of amides is 1. The van der Waals surface area contributed by atoms with Crippen LogP contribution in [0.5, 0.6) is 0 Å². The van der Waals surface area contributed by atoms with Crippen molar-refractivity contribution in [2.45, 2.75) is 20.4 Å². The quantitative estimate of drug-likeness (QED) is 0.766. The number of hydrogen-bond donors (Lipinski definition) is 2. The van der Waals surface area contributed by atoms with Gasteiger partial charge in [0.25, 0.3) is 5.91 Å². The maximum absolute atomic E-state index is 10.7. The van der Waals surface area contributed by atoms with E-state index in [-0.39, 0.29) is 0 Å². The van der Waals surface area contributed by atoms with Gasteiger partial charge >= 0.3 is 0 Å². The predicted octanol–water partition coefficient (Wildman–Crippen LogP) is 0.988. The van der Waals surface area contributed by atoms with Crippen LogP contribution in [0.3, 0.4) is 0 Å². The average Bonchev–Trinajstić information content (AvgIpc) is 2.52. The molecule has 1 amide bonds. The Morgan fingerprint density at radius 1 is 1.71 bits per heavy atom. The second-order valence-corrected chi connectivity index (χ2v) is 4.64. The lowest BCUT2D eigenvalue weighted by Crippen LogP contribution is -2.18. The second kappa shape index (κ2) is 5.07. The molecular formula is C9H15N3OS. The molecule has 0 fully saturated rings. The highest BCUT2D eigenvalue weighted by atomic mass is 32.1. The molecule has 0 atom stereocenters. The molecular weight excluding hydrogens is 198 g/mol. The lowest BCUT2D eigenvalue weighted by molar-refractivity contribution is 0.1000. The molecule has 1 rings (SSSR count). The summed E-state index contributed by atoms with van der Waals surface area (Å²) in [6, 6.07) is 0. The van der Waals surface area contributed by atoms with E-state index in [2.05, 4.69) is 24.1 Å². The van der Waals surface area contributed by atoms with E-state index >= 15 is 0 Å². The predicted molar refractivity (Wildman–Crippen MR) is 57.2 cm³/mol. The molecule has 3 N–H and O–H groups in total. The summed E-state index contributed by atoms with van der Waals surface area (Å²) in [4.78, 5) is 15.7. The van der Waals surface area contributed by atoms with Crippen molar-refractivity contribution in [1.82, 2.24) is 10.3 Å². The SMILES string of the molecule is CC(C)CNCc1cnc(C(N)=O)s1. The first-order valence-electron chi connectivity index (χ1n) is 4.55. The van der Waals surface area contributed by atoms with E-state index < -0.39 is 5.91 Å². The van der Waals surface area contributed by atoms with E-state index in [1.165, 1.54) is 11.3 Å². The van der Waals surface area contributed by atoms with Gasteiger partial charge in [-0.1, -0.05) is 13.8 Å². The van der Waals surface area contributed by atoms with Crippen LogP contribution in [-0.2, 0) is 6.54 Å². The van der Waals surface area contributed by atoms with Crippen LogP contribution in [0.2, 0.25) is 0 Å². The van der Waals surface area contributed by atoms with Crippen LogP contribution in [0.1, 0.15) is 28.5 Å². The first kappa shape index (κ1) is 11.1. The lowest BCUT2D eigenvalue weighted by Gasteiger charge is -2.04. The Morgan fingerprint density at radius 2 is 2.43 bits per heavy atom. The van der Waals surface area contributed by atoms with E-state index in [1.54, 1.807) is 6.20 Å². The van der Waals surface area contributed by atoms with Crippen molar-refractivity contribution in [2.24, 2.45) is 11.7 Å². The van der Waals surface area contributed by atoms with Crippen molar-refractivity contribution in [1.29, 1.82) is 0 Å². The summed E-state index contributed by atoms with van der Waals surface area (Å²) in [7, 11) is 0. The standard InChI is InChI=1S/C9H15N3OS/c1-6(2)3-11-4-7-5-12-9(14-7)8(10)13/h5-6,11H,3-4H2,1-2H3,(H2,10,13). The van der Waals surface area contributed by atoms with E-state index in [0.29, 0.717) is 10.9 Å². The third-order valence-electron chi connectivity index (χ3n) is 1.62. The molecule has 14 heavy (non-hydrogen) atoms. The molecule has 1 heterocycles. The molecule has 0 aliphatic heterocycles. The number of nitrogens with zero attached hydrogens (tertiary/aromatic N) is 1. The minimum atomic E-state index is -0.454. The molecule has 5 heteroatoms. The number of nitrogens with one attached hydrogen (secondary N) is 1. The maximum Gasteiger partial charge on any atom is 0.277 e. The fourth-order valence-electron chi connectivity index (χ4n) is 0.987. The molecule has 0 bridgehead atoms. The van der Waals surface area contributed by atoms with Crippen molar-refractivity contribution in [3.8, 4) is 0 Å². The second-order valence-electron chi connectivity index (χ2n) is 3.52. The van der Waals surface area contributed by atoms with Gasteiger partial charge in [-0.05, 0) is 12.5 Å². The number of aromatic nitrogens is 1. The molecule has 0 aliphatic rings. The Balaban J connectivity index is 2.40. The summed E-state index contributed by atoms with van der Waals surface area (Å²) in [6.45, 7) is 6.01. The number of rotatable bonds is 5. The first-order chi connectivity index (χ1) is 6.59. The van der Waals surface area contributed by atoms with E-state index in [9.17, 15) is 4.79 Å². The summed E-state index contributed by atoms with van der Waals surface area (Å²) < 4.78 is 0. The first-order valence-corrected chi connectivity index (χ1v) is 5.36. The molecule has 0 spiro atoms. The van der Waals surface area contributed by atoms with Gasteiger partial charge in [0, 0.05) is 17.6 Å². The minimum Gasteiger partial charge on any atom is -0.364 e. The molecule has 0 radical (unpaired) electrons. The molecule has 0 aliphatic carbocycles. The molecule has 0 unspecified atom stereocenters. The molecule has 78 valence electrons.